The number of ether oxygens (including phenoxy) is 2. The number of likely N-dealkylation sites (tertiary alicyclic amines) is 1. The van der Waals surface area contributed by atoms with Crippen LogP contribution in [0.15, 0.2) is 72.8 Å². The summed E-state index contributed by atoms with van der Waals surface area (Å²) in [5.41, 5.74) is 2.95. The molecule has 3 aromatic carbocycles. The summed E-state index contributed by atoms with van der Waals surface area (Å²) in [6.07, 6.45) is -1.87. The number of piperidine rings is 1. The fourth-order valence-electron chi connectivity index (χ4n) is 4.01. The lowest BCUT2D eigenvalue weighted by atomic mass is 10.0. The lowest BCUT2D eigenvalue weighted by Gasteiger charge is -2.33. The highest BCUT2D eigenvalue weighted by Gasteiger charge is 2.38. The van der Waals surface area contributed by atoms with Gasteiger partial charge in [-0.05, 0) is 85.5 Å². The fraction of sp³-hybridized carbons (Fsp3) is 0.310. The van der Waals surface area contributed by atoms with Crippen molar-refractivity contribution >= 4 is 29.2 Å². The quantitative estimate of drug-likeness (QED) is 0.289. The molecule has 4 rings (SSSR count). The molecule has 0 aromatic heterocycles. The monoisotopic (exact) mass is 578 g/mol. The van der Waals surface area contributed by atoms with Crippen LogP contribution < -0.4 is 10.1 Å². The average Bonchev–Trinajstić information content (AvgIpc) is 2.94. The van der Waals surface area contributed by atoms with E-state index in [-0.39, 0.29) is 5.97 Å². The van der Waals surface area contributed by atoms with E-state index in [1.54, 1.807) is 0 Å². The molecule has 214 valence electrons. The number of aliphatic carboxylic acids is 1. The Morgan fingerprint density at radius 1 is 0.950 bits per heavy atom. The Balaban J connectivity index is 0.000000559. The Morgan fingerprint density at radius 3 is 1.98 bits per heavy atom. The van der Waals surface area contributed by atoms with E-state index in [1.807, 2.05) is 60.7 Å². The normalized spacial score (nSPS) is 14.0. The third kappa shape index (κ3) is 10.1. The van der Waals surface area contributed by atoms with E-state index in [2.05, 4.69) is 22.3 Å². The number of hydrogen-bond donors (Lipinski definition) is 2. The topological polar surface area (TPSA) is 88.1 Å². The van der Waals surface area contributed by atoms with E-state index in [4.69, 9.17) is 31.0 Å². The van der Waals surface area contributed by atoms with Crippen LogP contribution in [0.2, 0.25) is 5.02 Å². The first-order valence-corrected chi connectivity index (χ1v) is 12.9. The number of anilines is 1. The van der Waals surface area contributed by atoms with Crippen molar-refractivity contribution in [1.82, 2.24) is 4.90 Å². The summed E-state index contributed by atoms with van der Waals surface area (Å²) in [5, 5.41) is 11.5. The zero-order valence-electron chi connectivity index (χ0n) is 21.8. The van der Waals surface area contributed by atoms with Crippen molar-refractivity contribution in [2.75, 3.05) is 32.1 Å². The summed E-state index contributed by atoms with van der Waals surface area (Å²) in [7, 11) is 1.40. The minimum absolute atomic E-state index is 0.292. The van der Waals surface area contributed by atoms with Gasteiger partial charge in [0.25, 0.3) is 0 Å². The summed E-state index contributed by atoms with van der Waals surface area (Å²) in [6, 6.07) is 23.6. The molecule has 1 heterocycles. The number of methoxy groups -OCH3 is 1. The van der Waals surface area contributed by atoms with Crippen LogP contribution in [0.1, 0.15) is 28.8 Å². The van der Waals surface area contributed by atoms with Crippen molar-refractivity contribution in [2.24, 2.45) is 0 Å². The van der Waals surface area contributed by atoms with E-state index in [0.717, 1.165) is 56.1 Å². The molecule has 3 aromatic rings. The molecular formula is C29H30ClF3N2O5. The number of esters is 1. The predicted octanol–water partition coefficient (Wildman–Crippen LogP) is 6.67. The number of hydrogen-bond acceptors (Lipinski definition) is 6. The fourth-order valence-corrected chi connectivity index (χ4v) is 4.13. The molecule has 0 spiro atoms. The number of rotatable bonds is 8. The van der Waals surface area contributed by atoms with Gasteiger partial charge < -0.3 is 24.8 Å². The summed E-state index contributed by atoms with van der Waals surface area (Å²) < 4.78 is 42.4. The minimum Gasteiger partial charge on any atom is -0.475 e. The number of halogens is 4. The molecule has 0 bridgehead atoms. The zero-order valence-corrected chi connectivity index (χ0v) is 22.5. The maximum absolute atomic E-state index is 11.5. The molecular weight excluding hydrogens is 549 g/mol. The van der Waals surface area contributed by atoms with Gasteiger partial charge in [-0.15, -0.1) is 0 Å². The first kappa shape index (κ1) is 30.8. The van der Waals surface area contributed by atoms with E-state index in [0.29, 0.717) is 16.6 Å². The molecule has 0 unspecified atom stereocenters. The van der Waals surface area contributed by atoms with E-state index < -0.39 is 12.1 Å². The number of benzene rings is 3. The highest BCUT2D eigenvalue weighted by atomic mass is 35.5. The first-order valence-electron chi connectivity index (χ1n) is 12.5. The van der Waals surface area contributed by atoms with Gasteiger partial charge in [0, 0.05) is 36.4 Å². The number of carbonyl (C=O) groups excluding carboxylic acids is 1. The molecule has 1 aliphatic rings. The molecule has 7 nitrogen and oxygen atoms in total. The van der Waals surface area contributed by atoms with Gasteiger partial charge in [-0.3, -0.25) is 0 Å². The largest absolute Gasteiger partial charge is 0.490 e. The van der Waals surface area contributed by atoms with Gasteiger partial charge in [-0.1, -0.05) is 23.7 Å². The van der Waals surface area contributed by atoms with Crippen molar-refractivity contribution in [3.63, 3.8) is 0 Å². The van der Waals surface area contributed by atoms with Crippen molar-refractivity contribution in [3.8, 4) is 11.5 Å². The molecule has 0 atom stereocenters. The third-order valence-electron chi connectivity index (χ3n) is 6.20. The highest BCUT2D eigenvalue weighted by molar-refractivity contribution is 6.30. The number of carbonyl (C=O) groups is 2. The molecule has 1 aliphatic heterocycles. The van der Waals surface area contributed by atoms with Gasteiger partial charge >= 0.3 is 18.1 Å². The smallest absolute Gasteiger partial charge is 0.475 e. The second-order valence-corrected chi connectivity index (χ2v) is 9.52. The van der Waals surface area contributed by atoms with E-state index in [9.17, 15) is 18.0 Å². The van der Waals surface area contributed by atoms with Crippen LogP contribution in [0.4, 0.5) is 18.9 Å². The Morgan fingerprint density at radius 2 is 1.48 bits per heavy atom. The van der Waals surface area contributed by atoms with Crippen LogP contribution in [-0.2, 0) is 16.0 Å². The summed E-state index contributed by atoms with van der Waals surface area (Å²) in [5.74, 6) is -1.48. The number of carboxylic acid groups (broad SMARTS) is 1. The molecule has 1 saturated heterocycles. The second-order valence-electron chi connectivity index (χ2n) is 9.08. The van der Waals surface area contributed by atoms with Gasteiger partial charge in [0.1, 0.15) is 11.5 Å². The number of alkyl halides is 3. The van der Waals surface area contributed by atoms with Crippen LogP contribution in [0, 0.1) is 0 Å². The molecule has 0 amide bonds. The molecule has 11 heteroatoms. The third-order valence-corrected chi connectivity index (χ3v) is 6.45. The molecule has 0 saturated carbocycles. The Labute approximate surface area is 235 Å². The van der Waals surface area contributed by atoms with Crippen LogP contribution in [0.5, 0.6) is 11.5 Å². The van der Waals surface area contributed by atoms with Crippen LogP contribution in [0.25, 0.3) is 0 Å². The number of carboxylic acids is 1. The van der Waals surface area contributed by atoms with Gasteiger partial charge in [0.15, 0.2) is 0 Å². The lowest BCUT2D eigenvalue weighted by molar-refractivity contribution is -0.192. The molecule has 0 radical (unpaired) electrons. The van der Waals surface area contributed by atoms with Gasteiger partial charge in [0.2, 0.25) is 0 Å². The maximum Gasteiger partial charge on any atom is 0.490 e. The van der Waals surface area contributed by atoms with Crippen LogP contribution >= 0.6 is 11.6 Å². The van der Waals surface area contributed by atoms with Gasteiger partial charge in [0.05, 0.1) is 12.7 Å². The van der Waals surface area contributed by atoms with E-state index in [1.165, 1.54) is 12.7 Å². The zero-order chi connectivity index (χ0) is 29.1. The summed E-state index contributed by atoms with van der Waals surface area (Å²) in [4.78, 5) is 23.0. The Kier molecular flexibility index (Phi) is 11.2. The predicted molar refractivity (Wildman–Crippen MR) is 146 cm³/mol. The first-order chi connectivity index (χ1) is 19.0. The van der Waals surface area contributed by atoms with Crippen molar-refractivity contribution in [1.29, 1.82) is 0 Å². The van der Waals surface area contributed by atoms with Crippen molar-refractivity contribution < 1.29 is 37.3 Å². The average molecular weight is 579 g/mol. The van der Waals surface area contributed by atoms with E-state index >= 15 is 0 Å². The highest BCUT2D eigenvalue weighted by Crippen LogP contribution is 2.25. The Hall–Kier alpha value is -3.76. The van der Waals surface area contributed by atoms with Crippen molar-refractivity contribution in [2.45, 2.75) is 31.5 Å². The second kappa shape index (κ2) is 14.6. The standard InChI is InChI=1S/C27H29ClN2O3.C2HF3O2/c1-32-27(31)21-4-2-20(3-5-21)14-17-30-18-15-24(16-19-30)29-23-8-12-26(13-9-23)33-25-10-6-22(28)7-11-25;3-2(4,5)1(6)7/h2-13,24,29H,14-19H2,1H3;(H,6,7). The molecule has 0 aliphatic carbocycles. The Bertz CT molecular complexity index is 1230. The van der Waals surface area contributed by atoms with Gasteiger partial charge in [-0.2, -0.15) is 13.2 Å². The molecule has 2 N–H and O–H groups in total. The van der Waals surface area contributed by atoms with Crippen LogP contribution in [-0.4, -0.2) is 60.9 Å². The minimum atomic E-state index is -5.08. The molecule has 1 fully saturated rings. The van der Waals surface area contributed by atoms with Crippen LogP contribution in [0.3, 0.4) is 0 Å². The van der Waals surface area contributed by atoms with Crippen molar-refractivity contribution in [3.05, 3.63) is 88.9 Å². The molecule has 40 heavy (non-hydrogen) atoms. The number of nitrogens with zero attached hydrogens (tertiary/aromatic N) is 1. The van der Waals surface area contributed by atoms with Gasteiger partial charge in [-0.25, -0.2) is 9.59 Å². The SMILES string of the molecule is COC(=O)c1ccc(CCN2CCC(Nc3ccc(Oc4ccc(Cl)cc4)cc3)CC2)cc1.O=C(O)C(F)(F)F. The summed E-state index contributed by atoms with van der Waals surface area (Å²) in [6.45, 7) is 3.19. The lowest BCUT2D eigenvalue weighted by Crippen LogP contribution is -2.40. The summed E-state index contributed by atoms with van der Waals surface area (Å²) >= 11 is 5.92. The maximum atomic E-state index is 11.5. The number of nitrogens with one attached hydrogen (secondary N) is 1.